The highest BCUT2D eigenvalue weighted by Gasteiger charge is 1.99. The van der Waals surface area contributed by atoms with E-state index in [0.717, 1.165) is 49.6 Å². The van der Waals surface area contributed by atoms with Crippen molar-refractivity contribution in [3.8, 4) is 11.5 Å². The van der Waals surface area contributed by atoms with E-state index >= 15 is 0 Å². The Balaban J connectivity index is 1.40. The number of rotatable bonds is 10. The van der Waals surface area contributed by atoms with Gasteiger partial charge in [0.15, 0.2) is 0 Å². The first kappa shape index (κ1) is 18.8. The number of nitrogens with one attached hydrogen (secondary N) is 1. The van der Waals surface area contributed by atoms with Crippen LogP contribution in [0.2, 0.25) is 0 Å². The van der Waals surface area contributed by atoms with E-state index in [2.05, 4.69) is 53.8 Å². The van der Waals surface area contributed by atoms with E-state index in [4.69, 9.17) is 9.47 Å². The average Bonchev–Trinajstić information content (AvgIpc) is 2.73. The Morgan fingerprint density at radius 3 is 2.30 bits per heavy atom. The topological polar surface area (TPSA) is 30.5 Å². The van der Waals surface area contributed by atoms with Crippen LogP contribution in [0.1, 0.15) is 17.5 Å². The highest BCUT2D eigenvalue weighted by Crippen LogP contribution is 2.18. The molecule has 0 unspecified atom stereocenters. The zero-order valence-electron chi connectivity index (χ0n) is 15.9. The number of hydrogen-bond donors (Lipinski definition) is 1. The predicted molar refractivity (Wildman–Crippen MR) is 112 cm³/mol. The van der Waals surface area contributed by atoms with E-state index in [0.29, 0.717) is 0 Å². The van der Waals surface area contributed by atoms with E-state index in [1.807, 2.05) is 30.3 Å². The van der Waals surface area contributed by atoms with Crippen molar-refractivity contribution < 1.29 is 9.47 Å². The Bertz CT molecular complexity index is 800. The number of anilines is 1. The third kappa shape index (κ3) is 6.37. The molecule has 140 valence electrons. The molecule has 0 spiro atoms. The van der Waals surface area contributed by atoms with Gasteiger partial charge in [-0.1, -0.05) is 48.5 Å². The van der Waals surface area contributed by atoms with Crippen molar-refractivity contribution in [3.63, 3.8) is 0 Å². The molecule has 1 N–H and O–H groups in total. The number of hydrogen-bond acceptors (Lipinski definition) is 3. The molecule has 0 aromatic heterocycles. The minimum Gasteiger partial charge on any atom is -0.497 e. The second kappa shape index (κ2) is 10.3. The molecule has 3 rings (SSSR count). The Morgan fingerprint density at radius 1 is 0.741 bits per heavy atom. The van der Waals surface area contributed by atoms with E-state index in [-0.39, 0.29) is 0 Å². The van der Waals surface area contributed by atoms with Crippen LogP contribution in [-0.2, 0) is 12.8 Å². The average molecular weight is 361 g/mol. The standard InChI is InChI=1S/C24H27NO2/c1-26-23-14-12-21(13-15-23)16-17-25-22-10-5-11-24(19-22)27-18-6-9-20-7-3-2-4-8-20/h2-5,7-8,10-15,19,25H,6,9,16-18H2,1H3. The van der Waals surface area contributed by atoms with Gasteiger partial charge in [0.1, 0.15) is 11.5 Å². The first-order chi connectivity index (χ1) is 13.3. The molecule has 0 fully saturated rings. The van der Waals surface area contributed by atoms with Gasteiger partial charge in [-0.05, 0) is 54.7 Å². The van der Waals surface area contributed by atoms with Gasteiger partial charge >= 0.3 is 0 Å². The largest absolute Gasteiger partial charge is 0.497 e. The summed E-state index contributed by atoms with van der Waals surface area (Å²) in [7, 11) is 1.69. The molecule has 0 saturated heterocycles. The Hall–Kier alpha value is -2.94. The fourth-order valence-corrected chi connectivity index (χ4v) is 2.95. The summed E-state index contributed by atoms with van der Waals surface area (Å²) in [5.74, 6) is 1.81. The van der Waals surface area contributed by atoms with Gasteiger partial charge in [0.05, 0.1) is 13.7 Å². The van der Waals surface area contributed by atoms with Gasteiger partial charge in [0.2, 0.25) is 0 Å². The van der Waals surface area contributed by atoms with Crippen LogP contribution in [0, 0.1) is 0 Å². The van der Waals surface area contributed by atoms with Crippen molar-refractivity contribution in [3.05, 3.63) is 90.0 Å². The molecule has 3 aromatic rings. The summed E-state index contributed by atoms with van der Waals surface area (Å²) in [6.07, 6.45) is 3.02. The number of ether oxygens (including phenoxy) is 2. The van der Waals surface area contributed by atoms with Gasteiger partial charge in [-0.2, -0.15) is 0 Å². The zero-order valence-corrected chi connectivity index (χ0v) is 15.9. The Kier molecular flexibility index (Phi) is 7.16. The normalized spacial score (nSPS) is 10.4. The van der Waals surface area contributed by atoms with Crippen molar-refractivity contribution >= 4 is 5.69 Å². The molecule has 0 heterocycles. The van der Waals surface area contributed by atoms with E-state index in [1.165, 1.54) is 11.1 Å². The van der Waals surface area contributed by atoms with Crippen molar-refractivity contribution in [2.75, 3.05) is 25.6 Å². The number of benzene rings is 3. The highest BCUT2D eigenvalue weighted by atomic mass is 16.5. The third-order valence-electron chi connectivity index (χ3n) is 4.46. The maximum Gasteiger partial charge on any atom is 0.121 e. The molecule has 0 aliphatic rings. The smallest absolute Gasteiger partial charge is 0.121 e. The summed E-state index contributed by atoms with van der Waals surface area (Å²) in [5, 5.41) is 3.47. The minimum atomic E-state index is 0.726. The molecule has 3 aromatic carbocycles. The lowest BCUT2D eigenvalue weighted by Crippen LogP contribution is -2.05. The van der Waals surface area contributed by atoms with Gasteiger partial charge in [-0.25, -0.2) is 0 Å². The van der Waals surface area contributed by atoms with E-state index in [9.17, 15) is 0 Å². The summed E-state index contributed by atoms with van der Waals surface area (Å²) in [6, 6.07) is 26.9. The molecule has 0 aliphatic heterocycles. The van der Waals surface area contributed by atoms with E-state index in [1.54, 1.807) is 7.11 Å². The van der Waals surface area contributed by atoms with Crippen LogP contribution in [0.15, 0.2) is 78.9 Å². The first-order valence-corrected chi connectivity index (χ1v) is 9.47. The van der Waals surface area contributed by atoms with Crippen molar-refractivity contribution in [2.24, 2.45) is 0 Å². The number of aryl methyl sites for hydroxylation is 1. The molecular weight excluding hydrogens is 334 g/mol. The van der Waals surface area contributed by atoms with Crippen LogP contribution >= 0.6 is 0 Å². The van der Waals surface area contributed by atoms with Crippen LogP contribution in [-0.4, -0.2) is 20.3 Å². The molecule has 0 saturated carbocycles. The van der Waals surface area contributed by atoms with Gasteiger partial charge in [-0.3, -0.25) is 0 Å². The van der Waals surface area contributed by atoms with Crippen LogP contribution in [0.4, 0.5) is 5.69 Å². The molecule has 27 heavy (non-hydrogen) atoms. The SMILES string of the molecule is COc1ccc(CCNc2cccc(OCCCc3ccccc3)c2)cc1. The molecule has 0 bridgehead atoms. The lowest BCUT2D eigenvalue weighted by atomic mass is 10.1. The first-order valence-electron chi connectivity index (χ1n) is 9.47. The molecule has 0 amide bonds. The van der Waals surface area contributed by atoms with Gasteiger partial charge in [0.25, 0.3) is 0 Å². The van der Waals surface area contributed by atoms with Crippen LogP contribution in [0.5, 0.6) is 11.5 Å². The zero-order chi connectivity index (χ0) is 18.7. The quantitative estimate of drug-likeness (QED) is 0.493. The van der Waals surface area contributed by atoms with Gasteiger partial charge in [-0.15, -0.1) is 0 Å². The second-order valence-corrected chi connectivity index (χ2v) is 6.49. The summed E-state index contributed by atoms with van der Waals surface area (Å²) in [4.78, 5) is 0. The molecular formula is C24H27NO2. The molecule has 0 radical (unpaired) electrons. The lowest BCUT2D eigenvalue weighted by molar-refractivity contribution is 0.311. The van der Waals surface area contributed by atoms with E-state index < -0.39 is 0 Å². The lowest BCUT2D eigenvalue weighted by Gasteiger charge is -2.10. The van der Waals surface area contributed by atoms with Crippen molar-refractivity contribution in [2.45, 2.75) is 19.3 Å². The monoisotopic (exact) mass is 361 g/mol. The maximum atomic E-state index is 5.90. The fourth-order valence-electron chi connectivity index (χ4n) is 2.95. The number of methoxy groups -OCH3 is 1. The Morgan fingerprint density at radius 2 is 1.52 bits per heavy atom. The van der Waals surface area contributed by atoms with Gasteiger partial charge < -0.3 is 14.8 Å². The minimum absolute atomic E-state index is 0.726. The molecule has 3 heteroatoms. The van der Waals surface area contributed by atoms with Crippen molar-refractivity contribution in [1.29, 1.82) is 0 Å². The second-order valence-electron chi connectivity index (χ2n) is 6.49. The summed E-state index contributed by atoms with van der Waals surface area (Å²) >= 11 is 0. The highest BCUT2D eigenvalue weighted by molar-refractivity contribution is 5.48. The molecule has 0 atom stereocenters. The predicted octanol–water partition coefficient (Wildman–Crippen LogP) is 5.36. The van der Waals surface area contributed by atoms with Crippen LogP contribution in [0.25, 0.3) is 0 Å². The summed E-state index contributed by atoms with van der Waals surface area (Å²) < 4.78 is 11.1. The maximum absolute atomic E-state index is 5.90. The summed E-state index contributed by atoms with van der Waals surface area (Å²) in [5.41, 5.74) is 3.73. The van der Waals surface area contributed by atoms with Gasteiger partial charge in [0, 0.05) is 18.3 Å². The van der Waals surface area contributed by atoms with Crippen molar-refractivity contribution in [1.82, 2.24) is 0 Å². The Labute approximate surface area is 162 Å². The van der Waals surface area contributed by atoms with Crippen LogP contribution in [0.3, 0.4) is 0 Å². The van der Waals surface area contributed by atoms with Crippen LogP contribution < -0.4 is 14.8 Å². The molecule has 0 aliphatic carbocycles. The molecule has 3 nitrogen and oxygen atoms in total. The third-order valence-corrected chi connectivity index (χ3v) is 4.46. The fraction of sp³-hybridized carbons (Fsp3) is 0.250. The summed E-state index contributed by atoms with van der Waals surface area (Å²) in [6.45, 7) is 1.61.